The Bertz CT molecular complexity index is 986. The van der Waals surface area contributed by atoms with Gasteiger partial charge in [0.25, 0.3) is 5.91 Å². The smallest absolute Gasteiger partial charge is 0.267 e. The molecule has 8 nitrogen and oxygen atoms in total. The Balaban J connectivity index is 0.000000248. The molecule has 2 amide bonds. The molecular weight excluding hydrogens is 386 g/mol. The number of hydrogen-bond donors (Lipinski definition) is 2. The highest BCUT2D eigenvalue weighted by molar-refractivity contribution is 5.95. The minimum absolute atomic E-state index is 0.0198. The number of anilines is 1. The highest BCUT2D eigenvalue weighted by Gasteiger charge is 2.20. The van der Waals surface area contributed by atoms with Crippen molar-refractivity contribution in [3.8, 4) is 23.3 Å². The van der Waals surface area contributed by atoms with Crippen LogP contribution in [0.25, 0.3) is 0 Å². The average molecular weight is 411 g/mol. The third kappa shape index (κ3) is 6.50. The first-order valence-electron chi connectivity index (χ1n) is 9.19. The van der Waals surface area contributed by atoms with Crippen LogP contribution in [0.15, 0.2) is 36.5 Å². The van der Waals surface area contributed by atoms with E-state index >= 15 is 0 Å². The molecule has 2 aromatic rings. The fraction of sp³-hybridized carbons (Fsp3) is 0.318. The lowest BCUT2D eigenvalue weighted by molar-refractivity contribution is -0.118. The van der Waals surface area contributed by atoms with E-state index in [1.807, 2.05) is 6.07 Å². The first-order chi connectivity index (χ1) is 14.1. The first kappa shape index (κ1) is 22.7. The molecule has 30 heavy (non-hydrogen) atoms. The molecular formula is C22H25N3O5. The fourth-order valence-corrected chi connectivity index (χ4v) is 2.43. The van der Waals surface area contributed by atoms with Crippen LogP contribution in [0.2, 0.25) is 0 Å². The summed E-state index contributed by atoms with van der Waals surface area (Å²) >= 11 is 0. The molecule has 0 saturated carbocycles. The summed E-state index contributed by atoms with van der Waals surface area (Å²) in [6.07, 6.45) is 1.84. The molecule has 1 aromatic heterocycles. The van der Waals surface area contributed by atoms with Crippen LogP contribution in [0, 0.1) is 11.8 Å². The SMILES string of the molecule is CN1C(=O)CCOc2ccc(C#CC(C)(C)O)cc21.COc1ccnc(C(N)=O)c1. The van der Waals surface area contributed by atoms with Gasteiger partial charge in [0.2, 0.25) is 5.91 Å². The van der Waals surface area contributed by atoms with Crippen molar-refractivity contribution >= 4 is 17.5 Å². The van der Waals surface area contributed by atoms with E-state index in [9.17, 15) is 14.7 Å². The van der Waals surface area contributed by atoms with Crippen molar-refractivity contribution in [1.29, 1.82) is 0 Å². The zero-order valence-corrected chi connectivity index (χ0v) is 17.4. The van der Waals surface area contributed by atoms with Gasteiger partial charge < -0.3 is 25.2 Å². The number of nitrogens with two attached hydrogens (primary N) is 1. The number of fused-ring (bicyclic) bond motifs is 1. The van der Waals surface area contributed by atoms with Crippen LogP contribution < -0.4 is 20.1 Å². The number of methoxy groups -OCH3 is 1. The van der Waals surface area contributed by atoms with Gasteiger partial charge >= 0.3 is 0 Å². The van der Waals surface area contributed by atoms with Crippen molar-refractivity contribution in [1.82, 2.24) is 4.98 Å². The van der Waals surface area contributed by atoms with Crippen LogP contribution in [0.3, 0.4) is 0 Å². The molecule has 0 unspecified atom stereocenters. The number of hydrogen-bond acceptors (Lipinski definition) is 6. The second kappa shape index (κ2) is 9.76. The van der Waals surface area contributed by atoms with E-state index in [0.717, 1.165) is 5.56 Å². The highest BCUT2D eigenvalue weighted by atomic mass is 16.5. The number of rotatable bonds is 2. The van der Waals surface area contributed by atoms with Crippen molar-refractivity contribution in [2.75, 3.05) is 25.7 Å². The second-order valence-electron chi connectivity index (χ2n) is 6.99. The number of aliphatic hydroxyl groups is 1. The van der Waals surface area contributed by atoms with E-state index < -0.39 is 11.5 Å². The van der Waals surface area contributed by atoms with Gasteiger partial charge in [0.05, 0.1) is 25.8 Å². The Morgan fingerprint density at radius 1 is 1.33 bits per heavy atom. The zero-order valence-electron chi connectivity index (χ0n) is 17.4. The highest BCUT2D eigenvalue weighted by Crippen LogP contribution is 2.31. The molecule has 0 fully saturated rings. The Kier molecular flexibility index (Phi) is 7.39. The molecule has 0 atom stereocenters. The van der Waals surface area contributed by atoms with Crippen LogP contribution >= 0.6 is 0 Å². The summed E-state index contributed by atoms with van der Waals surface area (Å²) in [7, 11) is 3.24. The first-order valence-corrected chi connectivity index (χ1v) is 9.19. The van der Waals surface area contributed by atoms with Crippen molar-refractivity contribution < 1.29 is 24.2 Å². The predicted octanol–water partition coefficient (Wildman–Crippen LogP) is 1.74. The summed E-state index contributed by atoms with van der Waals surface area (Å²) in [5.74, 6) is 6.37. The van der Waals surface area contributed by atoms with E-state index in [2.05, 4.69) is 16.8 Å². The topological polar surface area (TPSA) is 115 Å². The summed E-state index contributed by atoms with van der Waals surface area (Å²) in [5, 5.41) is 9.59. The molecule has 2 heterocycles. The maximum absolute atomic E-state index is 11.8. The number of primary amides is 1. The number of carbonyl (C=O) groups is 2. The van der Waals surface area contributed by atoms with Crippen LogP contribution in [-0.2, 0) is 4.79 Å². The zero-order chi connectivity index (χ0) is 22.3. The molecule has 0 aliphatic carbocycles. The van der Waals surface area contributed by atoms with Crippen LogP contribution in [-0.4, -0.2) is 48.3 Å². The third-order valence-electron chi connectivity index (χ3n) is 4.00. The Hall–Kier alpha value is -3.57. The van der Waals surface area contributed by atoms with Crippen LogP contribution in [0.4, 0.5) is 5.69 Å². The standard InChI is InChI=1S/C15H17NO3.C7H8N2O2/c1-15(2,18)8-6-11-4-5-13-12(10-11)16(3)14(17)7-9-19-13;1-11-5-2-3-9-6(4-5)7(8)10/h4-5,10,18H,7,9H2,1-3H3;2-4H,1H3,(H2,8,10). The summed E-state index contributed by atoms with van der Waals surface area (Å²) in [5.41, 5.74) is 5.61. The third-order valence-corrected chi connectivity index (χ3v) is 4.00. The number of carbonyl (C=O) groups excluding carboxylic acids is 2. The van der Waals surface area contributed by atoms with E-state index in [1.54, 1.807) is 44.0 Å². The lowest BCUT2D eigenvalue weighted by Crippen LogP contribution is -2.25. The average Bonchev–Trinajstić information content (AvgIpc) is 2.85. The van der Waals surface area contributed by atoms with Gasteiger partial charge in [-0.3, -0.25) is 14.6 Å². The molecule has 0 spiro atoms. The minimum Gasteiger partial charge on any atom is -0.497 e. The molecule has 3 N–H and O–H groups in total. The largest absolute Gasteiger partial charge is 0.497 e. The molecule has 0 radical (unpaired) electrons. The maximum Gasteiger partial charge on any atom is 0.267 e. The van der Waals surface area contributed by atoms with E-state index in [1.165, 1.54) is 19.4 Å². The minimum atomic E-state index is -1.04. The Morgan fingerprint density at radius 2 is 2.07 bits per heavy atom. The number of amides is 2. The number of benzene rings is 1. The molecule has 1 aliphatic heterocycles. The van der Waals surface area contributed by atoms with Gasteiger partial charge in [-0.05, 0) is 38.1 Å². The Morgan fingerprint density at radius 3 is 2.70 bits per heavy atom. The van der Waals surface area contributed by atoms with Gasteiger partial charge in [-0.15, -0.1) is 0 Å². The molecule has 3 rings (SSSR count). The second-order valence-corrected chi connectivity index (χ2v) is 6.99. The molecule has 0 saturated heterocycles. The van der Waals surface area contributed by atoms with Crippen molar-refractivity contribution in [3.05, 3.63) is 47.8 Å². The lowest BCUT2D eigenvalue weighted by atomic mass is 10.1. The number of pyridine rings is 1. The van der Waals surface area contributed by atoms with Gasteiger partial charge in [-0.2, -0.15) is 0 Å². The molecule has 8 heteroatoms. The normalized spacial score (nSPS) is 12.8. The van der Waals surface area contributed by atoms with Crippen LogP contribution in [0.1, 0.15) is 36.3 Å². The van der Waals surface area contributed by atoms with Crippen LogP contribution in [0.5, 0.6) is 11.5 Å². The summed E-state index contributed by atoms with van der Waals surface area (Å²) in [6.45, 7) is 3.65. The predicted molar refractivity (Wildman–Crippen MR) is 112 cm³/mol. The molecule has 1 aliphatic rings. The molecule has 1 aromatic carbocycles. The van der Waals surface area contributed by atoms with Crippen molar-refractivity contribution in [2.24, 2.45) is 5.73 Å². The monoisotopic (exact) mass is 411 g/mol. The molecule has 158 valence electrons. The Labute approximate surface area is 175 Å². The van der Waals surface area contributed by atoms with Gasteiger partial charge in [-0.25, -0.2) is 0 Å². The van der Waals surface area contributed by atoms with Gasteiger partial charge in [0, 0.05) is 24.9 Å². The summed E-state index contributed by atoms with van der Waals surface area (Å²) in [4.78, 5) is 27.7. The van der Waals surface area contributed by atoms with E-state index in [-0.39, 0.29) is 11.6 Å². The summed E-state index contributed by atoms with van der Waals surface area (Å²) in [6, 6.07) is 8.56. The molecule has 0 bridgehead atoms. The van der Waals surface area contributed by atoms with Gasteiger partial charge in [-0.1, -0.05) is 11.8 Å². The lowest BCUT2D eigenvalue weighted by Gasteiger charge is -2.16. The van der Waals surface area contributed by atoms with E-state index in [4.69, 9.17) is 15.2 Å². The van der Waals surface area contributed by atoms with Crippen molar-refractivity contribution in [2.45, 2.75) is 25.9 Å². The van der Waals surface area contributed by atoms with Crippen molar-refractivity contribution in [3.63, 3.8) is 0 Å². The van der Waals surface area contributed by atoms with Gasteiger partial charge in [0.1, 0.15) is 22.8 Å². The van der Waals surface area contributed by atoms with Gasteiger partial charge in [0.15, 0.2) is 0 Å². The summed E-state index contributed by atoms with van der Waals surface area (Å²) < 4.78 is 10.4. The number of aromatic nitrogens is 1. The number of ether oxygens (including phenoxy) is 2. The number of nitrogens with zero attached hydrogens (tertiary/aromatic N) is 2. The van der Waals surface area contributed by atoms with E-state index in [0.29, 0.717) is 30.2 Å². The quantitative estimate of drug-likeness (QED) is 0.728. The maximum atomic E-state index is 11.8. The fourth-order valence-electron chi connectivity index (χ4n) is 2.43.